The number of halogens is 3. The molecule has 0 aliphatic carbocycles. The largest absolute Gasteiger partial charge is 0.453 e. The molecule has 0 spiro atoms. The second-order valence-corrected chi connectivity index (χ2v) is 10.9. The lowest BCUT2D eigenvalue weighted by Gasteiger charge is -2.42. The second kappa shape index (κ2) is 16.0. The van der Waals surface area contributed by atoms with Gasteiger partial charge >= 0.3 is 6.09 Å². The highest BCUT2D eigenvalue weighted by atomic mass is 35.5. The highest BCUT2D eigenvalue weighted by molar-refractivity contribution is 6.42. The van der Waals surface area contributed by atoms with E-state index in [4.69, 9.17) is 27.9 Å². The summed E-state index contributed by atoms with van der Waals surface area (Å²) in [5.41, 5.74) is 2.35. The average Bonchev–Trinajstić information content (AvgIpc) is 2.97. The summed E-state index contributed by atoms with van der Waals surface area (Å²) >= 11 is 12.6. The molecule has 1 saturated heterocycles. The predicted molar refractivity (Wildman–Crippen MR) is 167 cm³/mol. The molecular weight excluding hydrogens is 585 g/mol. The Morgan fingerprint density at radius 1 is 0.976 bits per heavy atom. The van der Waals surface area contributed by atoms with Crippen LogP contribution >= 0.6 is 35.6 Å². The maximum atomic E-state index is 13.1. The zero-order valence-electron chi connectivity index (χ0n) is 23.3. The zero-order valence-corrected chi connectivity index (χ0v) is 25.6. The molecular formula is C31H38Cl3N3O4. The fourth-order valence-electron chi connectivity index (χ4n) is 5.33. The number of piperidine rings is 1. The monoisotopic (exact) mass is 621 g/mol. The third kappa shape index (κ3) is 8.84. The summed E-state index contributed by atoms with van der Waals surface area (Å²) in [6.07, 6.45) is 1.97. The highest BCUT2D eigenvalue weighted by Gasteiger charge is 2.38. The minimum atomic E-state index is -0.462. The minimum Gasteiger partial charge on any atom is -0.453 e. The van der Waals surface area contributed by atoms with Gasteiger partial charge in [0.25, 0.3) is 5.91 Å². The summed E-state index contributed by atoms with van der Waals surface area (Å²) in [5, 5.41) is 4.14. The molecule has 3 aromatic rings. The van der Waals surface area contributed by atoms with Crippen molar-refractivity contribution in [3.63, 3.8) is 0 Å². The van der Waals surface area contributed by atoms with Crippen LogP contribution in [-0.2, 0) is 10.3 Å². The molecule has 3 N–H and O–H groups in total. The van der Waals surface area contributed by atoms with E-state index in [9.17, 15) is 9.59 Å². The molecule has 0 aromatic heterocycles. The number of carbonyl (C=O) groups excluding carboxylic acids is 2. The van der Waals surface area contributed by atoms with E-state index in [-0.39, 0.29) is 29.7 Å². The Kier molecular flexibility index (Phi) is 13.4. The average molecular weight is 623 g/mol. The number of methoxy groups -OCH3 is 1. The van der Waals surface area contributed by atoms with Crippen molar-refractivity contribution in [2.45, 2.75) is 30.7 Å². The second-order valence-electron chi connectivity index (χ2n) is 10.1. The van der Waals surface area contributed by atoms with Gasteiger partial charge in [0, 0.05) is 38.2 Å². The topological polar surface area (TPSA) is 93.4 Å². The number of nitrogens with one attached hydrogen (secondary N) is 1. The lowest BCUT2D eigenvalue weighted by atomic mass is 9.80. The van der Waals surface area contributed by atoms with Crippen LogP contribution < -0.4 is 5.32 Å². The number of likely N-dealkylation sites (tertiary alicyclic amines) is 1. The fraction of sp³-hybridized carbons (Fsp3) is 0.355. The lowest BCUT2D eigenvalue weighted by molar-refractivity contribution is 0.0777. The third-order valence-electron chi connectivity index (χ3n) is 7.63. The first-order chi connectivity index (χ1) is 18.8. The Labute approximate surface area is 258 Å². The van der Waals surface area contributed by atoms with Crippen LogP contribution in [0, 0.1) is 0 Å². The Morgan fingerprint density at radius 2 is 1.59 bits per heavy atom. The van der Waals surface area contributed by atoms with Crippen molar-refractivity contribution in [3.05, 3.63) is 106 Å². The Morgan fingerprint density at radius 3 is 2.17 bits per heavy atom. The van der Waals surface area contributed by atoms with Crippen LogP contribution in [-0.4, -0.2) is 67.6 Å². The number of hydrogen-bond acceptors (Lipinski definition) is 4. The molecule has 1 aliphatic heterocycles. The summed E-state index contributed by atoms with van der Waals surface area (Å²) in [5.74, 6) is 0.0617. The van der Waals surface area contributed by atoms with Crippen molar-refractivity contribution in [1.82, 2.24) is 15.1 Å². The number of alkyl carbamates (subject to hydrolysis) is 1. The standard InChI is InChI=1S/C31H35Cl2N3O3.ClH.H2O/c1-35(29(37)23-9-5-3-6-10-23)22-25(24-13-14-27(32)28(33)21-24)15-18-36-19-16-31(17-20-36,34-30(38)39-2)26-11-7-4-8-12-26;;/h3-14,21,25H,15-20,22H2,1-2H3,(H,34,38);1H;1H2. The molecule has 0 radical (unpaired) electrons. The van der Waals surface area contributed by atoms with Crippen molar-refractivity contribution in [1.29, 1.82) is 0 Å². The summed E-state index contributed by atoms with van der Waals surface area (Å²) in [4.78, 5) is 29.5. The minimum absolute atomic E-state index is 0. The van der Waals surface area contributed by atoms with Crippen molar-refractivity contribution in [2.75, 3.05) is 40.3 Å². The van der Waals surface area contributed by atoms with Gasteiger partial charge in [0.05, 0.1) is 22.7 Å². The van der Waals surface area contributed by atoms with E-state index < -0.39 is 11.6 Å². The van der Waals surface area contributed by atoms with Crippen molar-refractivity contribution >= 4 is 47.6 Å². The Balaban J connectivity index is 0.00000294. The van der Waals surface area contributed by atoms with Gasteiger partial charge in [-0.05, 0) is 61.2 Å². The smallest absolute Gasteiger partial charge is 0.407 e. The number of likely N-dealkylation sites (N-methyl/N-ethyl adjacent to an activating group) is 1. The van der Waals surface area contributed by atoms with Crippen molar-refractivity contribution in [2.24, 2.45) is 0 Å². The van der Waals surface area contributed by atoms with Crippen molar-refractivity contribution in [3.8, 4) is 0 Å². The van der Waals surface area contributed by atoms with Crippen LogP contribution in [0.5, 0.6) is 0 Å². The van der Waals surface area contributed by atoms with E-state index in [2.05, 4.69) is 22.3 Å². The number of nitrogens with zero attached hydrogens (tertiary/aromatic N) is 2. The first kappa shape index (κ1) is 34.4. The van der Waals surface area contributed by atoms with E-state index in [1.165, 1.54) is 7.11 Å². The molecule has 41 heavy (non-hydrogen) atoms. The summed E-state index contributed by atoms with van der Waals surface area (Å²) in [6, 6.07) is 25.1. The first-order valence-electron chi connectivity index (χ1n) is 13.2. The summed E-state index contributed by atoms with van der Waals surface area (Å²) in [6.45, 7) is 3.05. The normalized spacial score (nSPS) is 15.0. The zero-order chi connectivity index (χ0) is 27.8. The number of hydrogen-bond donors (Lipinski definition) is 1. The number of rotatable bonds is 9. The molecule has 4 rings (SSSR count). The highest BCUT2D eigenvalue weighted by Crippen LogP contribution is 2.34. The van der Waals surface area contributed by atoms with Crippen LogP contribution in [0.15, 0.2) is 78.9 Å². The number of amides is 2. The van der Waals surface area contributed by atoms with Gasteiger partial charge in [-0.3, -0.25) is 4.79 Å². The van der Waals surface area contributed by atoms with Crippen LogP contribution in [0.25, 0.3) is 0 Å². The van der Waals surface area contributed by atoms with Gasteiger partial charge in [0.15, 0.2) is 0 Å². The van der Waals surface area contributed by atoms with Gasteiger partial charge in [-0.25, -0.2) is 4.79 Å². The van der Waals surface area contributed by atoms with Gasteiger partial charge in [-0.1, -0.05) is 77.8 Å². The molecule has 2 amide bonds. The molecule has 1 unspecified atom stereocenters. The molecule has 1 fully saturated rings. The Bertz CT molecular complexity index is 1260. The van der Waals surface area contributed by atoms with Crippen LogP contribution in [0.3, 0.4) is 0 Å². The van der Waals surface area contributed by atoms with Crippen molar-refractivity contribution < 1.29 is 19.8 Å². The molecule has 0 bridgehead atoms. The van der Waals surface area contributed by atoms with Crippen LogP contribution in [0.2, 0.25) is 10.0 Å². The van der Waals surface area contributed by atoms with E-state index in [0.29, 0.717) is 22.2 Å². The van der Waals surface area contributed by atoms with Gasteiger partial charge < -0.3 is 25.3 Å². The maximum absolute atomic E-state index is 13.1. The first-order valence-corrected chi connectivity index (χ1v) is 14.0. The number of ether oxygens (including phenoxy) is 1. The number of benzene rings is 3. The molecule has 1 aliphatic rings. The molecule has 222 valence electrons. The molecule has 3 aromatic carbocycles. The van der Waals surface area contributed by atoms with E-state index in [1.54, 1.807) is 4.90 Å². The van der Waals surface area contributed by atoms with Gasteiger partial charge in [-0.15, -0.1) is 12.4 Å². The SMILES string of the molecule is COC(=O)NC1(c2ccccc2)CCN(CCC(CN(C)C(=O)c2ccccc2)c2ccc(Cl)c(Cl)c2)CC1.Cl.O. The van der Waals surface area contributed by atoms with Crippen LogP contribution in [0.4, 0.5) is 4.79 Å². The third-order valence-corrected chi connectivity index (χ3v) is 8.37. The molecule has 1 atom stereocenters. The van der Waals surface area contributed by atoms with Gasteiger partial charge in [0.2, 0.25) is 0 Å². The number of carbonyl (C=O) groups is 2. The fourth-order valence-corrected chi connectivity index (χ4v) is 5.64. The maximum Gasteiger partial charge on any atom is 0.407 e. The van der Waals surface area contributed by atoms with E-state index >= 15 is 0 Å². The molecule has 1 heterocycles. The quantitative estimate of drug-likeness (QED) is 0.308. The molecule has 10 heteroatoms. The molecule has 0 saturated carbocycles. The summed E-state index contributed by atoms with van der Waals surface area (Å²) in [7, 11) is 3.24. The van der Waals surface area contributed by atoms with Gasteiger partial charge in [-0.2, -0.15) is 0 Å². The molecule has 7 nitrogen and oxygen atoms in total. The summed E-state index contributed by atoms with van der Waals surface area (Å²) < 4.78 is 4.94. The van der Waals surface area contributed by atoms with E-state index in [1.807, 2.05) is 73.8 Å². The van der Waals surface area contributed by atoms with Gasteiger partial charge in [0.1, 0.15) is 0 Å². The lowest BCUT2D eigenvalue weighted by Crippen LogP contribution is -2.53. The van der Waals surface area contributed by atoms with E-state index in [0.717, 1.165) is 50.0 Å². The Hall–Kier alpha value is -2.81. The van der Waals surface area contributed by atoms with Crippen LogP contribution in [0.1, 0.15) is 46.7 Å². The predicted octanol–water partition coefficient (Wildman–Crippen LogP) is 6.18.